The van der Waals surface area contributed by atoms with E-state index in [0.29, 0.717) is 23.5 Å². The van der Waals surface area contributed by atoms with E-state index in [9.17, 15) is 9.59 Å². The molecule has 4 nitrogen and oxygen atoms in total. The van der Waals surface area contributed by atoms with E-state index >= 15 is 0 Å². The van der Waals surface area contributed by atoms with Crippen molar-refractivity contribution in [2.45, 2.75) is 51.6 Å². The molecule has 1 aliphatic rings. The van der Waals surface area contributed by atoms with Gasteiger partial charge in [-0.25, -0.2) is 0 Å². The van der Waals surface area contributed by atoms with E-state index in [-0.39, 0.29) is 12.2 Å². The van der Waals surface area contributed by atoms with Gasteiger partial charge in [-0.1, -0.05) is 12.5 Å². The van der Waals surface area contributed by atoms with Crippen LogP contribution in [0.4, 0.5) is 0 Å². The van der Waals surface area contributed by atoms with Crippen LogP contribution in [0.3, 0.4) is 0 Å². The lowest BCUT2D eigenvalue weighted by Crippen LogP contribution is -2.47. The molecule has 5 heteroatoms. The summed E-state index contributed by atoms with van der Waals surface area (Å²) in [4.78, 5) is 26.6. The summed E-state index contributed by atoms with van der Waals surface area (Å²) in [5.74, 6) is -1.39. The predicted molar refractivity (Wildman–Crippen MR) is 83.9 cm³/mol. The molecule has 0 saturated carbocycles. The number of likely N-dealkylation sites (tertiary alicyclic amines) is 1. The molecule has 2 heterocycles. The molecule has 0 spiro atoms. The lowest BCUT2D eigenvalue weighted by atomic mass is 9.92. The standard InChI is InChI=1S/C16H23NO3S/c1-11-5-3-6-12(2)17(11)10-13(9-15(18)19)16(20)14-7-4-8-21-14/h4,7-8,11-13H,3,5-6,9-10H2,1-2H3,(H,18,19). The van der Waals surface area contributed by atoms with Crippen molar-refractivity contribution in [1.29, 1.82) is 0 Å². The van der Waals surface area contributed by atoms with E-state index in [1.165, 1.54) is 17.8 Å². The molecule has 0 aromatic carbocycles. The Hall–Kier alpha value is -1.20. The van der Waals surface area contributed by atoms with Crippen LogP contribution in [0, 0.1) is 5.92 Å². The fourth-order valence-corrected chi connectivity index (χ4v) is 3.90. The molecule has 1 aliphatic heterocycles. The number of hydrogen-bond acceptors (Lipinski definition) is 4. The van der Waals surface area contributed by atoms with Crippen LogP contribution in [0.2, 0.25) is 0 Å². The predicted octanol–water partition coefficient (Wildman–Crippen LogP) is 3.28. The first-order valence-corrected chi connectivity index (χ1v) is 8.42. The molecular formula is C16H23NO3S. The van der Waals surface area contributed by atoms with Gasteiger partial charge in [-0.15, -0.1) is 11.3 Å². The molecule has 1 aromatic rings. The molecule has 0 aliphatic carbocycles. The maximum Gasteiger partial charge on any atom is 0.304 e. The number of carboxylic acids is 1. The van der Waals surface area contributed by atoms with Crippen molar-refractivity contribution in [3.63, 3.8) is 0 Å². The smallest absolute Gasteiger partial charge is 0.304 e. The highest BCUT2D eigenvalue weighted by atomic mass is 32.1. The van der Waals surface area contributed by atoms with Crippen LogP contribution < -0.4 is 0 Å². The molecule has 21 heavy (non-hydrogen) atoms. The molecular weight excluding hydrogens is 286 g/mol. The van der Waals surface area contributed by atoms with Crippen molar-refractivity contribution >= 4 is 23.1 Å². The summed E-state index contributed by atoms with van der Waals surface area (Å²) in [7, 11) is 0. The van der Waals surface area contributed by atoms with Gasteiger partial charge >= 0.3 is 5.97 Å². The SMILES string of the molecule is CC1CCCC(C)N1CC(CC(=O)O)C(=O)c1cccs1. The third kappa shape index (κ3) is 4.14. The largest absolute Gasteiger partial charge is 0.481 e. The number of carbonyl (C=O) groups excluding carboxylic acids is 1. The Morgan fingerprint density at radius 3 is 2.57 bits per heavy atom. The van der Waals surface area contributed by atoms with Gasteiger partial charge in [0, 0.05) is 24.5 Å². The number of aliphatic carboxylic acids is 1. The number of ketones is 1. The average molecular weight is 309 g/mol. The van der Waals surface area contributed by atoms with E-state index in [4.69, 9.17) is 5.11 Å². The lowest BCUT2D eigenvalue weighted by Gasteiger charge is -2.40. The molecule has 3 atom stereocenters. The Bertz CT molecular complexity index is 476. The number of hydrogen-bond donors (Lipinski definition) is 1. The third-order valence-electron chi connectivity index (χ3n) is 4.36. The van der Waals surface area contributed by atoms with Crippen molar-refractivity contribution in [3.8, 4) is 0 Å². The first-order chi connectivity index (χ1) is 9.99. The molecule has 0 bridgehead atoms. The Morgan fingerprint density at radius 1 is 1.38 bits per heavy atom. The van der Waals surface area contributed by atoms with Crippen LogP contribution in [0.15, 0.2) is 17.5 Å². The minimum Gasteiger partial charge on any atom is -0.481 e. The topological polar surface area (TPSA) is 57.6 Å². The van der Waals surface area contributed by atoms with Crippen molar-refractivity contribution in [3.05, 3.63) is 22.4 Å². The van der Waals surface area contributed by atoms with Crippen LogP contribution in [-0.4, -0.2) is 40.4 Å². The minimum absolute atomic E-state index is 0.0302. The second-order valence-corrected chi connectivity index (χ2v) is 6.91. The van der Waals surface area contributed by atoms with Crippen LogP contribution in [0.1, 0.15) is 49.2 Å². The maximum atomic E-state index is 12.5. The number of carboxylic acid groups (broad SMARTS) is 1. The van der Waals surface area contributed by atoms with Crippen molar-refractivity contribution < 1.29 is 14.7 Å². The van der Waals surface area contributed by atoms with Gasteiger partial charge in [-0.3, -0.25) is 14.5 Å². The molecule has 0 amide bonds. The Morgan fingerprint density at radius 2 is 2.05 bits per heavy atom. The molecule has 1 N–H and O–H groups in total. The first-order valence-electron chi connectivity index (χ1n) is 7.54. The lowest BCUT2D eigenvalue weighted by molar-refractivity contribution is -0.138. The summed E-state index contributed by atoms with van der Waals surface area (Å²) >= 11 is 1.39. The van der Waals surface area contributed by atoms with E-state index in [0.717, 1.165) is 12.8 Å². The molecule has 1 fully saturated rings. The average Bonchev–Trinajstić information content (AvgIpc) is 2.94. The van der Waals surface area contributed by atoms with Gasteiger partial charge in [-0.05, 0) is 38.1 Å². The van der Waals surface area contributed by atoms with Gasteiger partial charge < -0.3 is 5.11 Å². The molecule has 1 saturated heterocycles. The number of carbonyl (C=O) groups is 2. The monoisotopic (exact) mass is 309 g/mol. The summed E-state index contributed by atoms with van der Waals surface area (Å²) in [5, 5.41) is 11.0. The fraction of sp³-hybridized carbons (Fsp3) is 0.625. The van der Waals surface area contributed by atoms with Crippen LogP contribution >= 0.6 is 11.3 Å². The number of nitrogens with zero attached hydrogens (tertiary/aromatic N) is 1. The number of thiophene rings is 1. The summed E-state index contributed by atoms with van der Waals surface area (Å²) in [6.07, 6.45) is 3.36. The molecule has 1 aromatic heterocycles. The zero-order chi connectivity index (χ0) is 15.4. The van der Waals surface area contributed by atoms with Gasteiger partial charge in [-0.2, -0.15) is 0 Å². The molecule has 2 rings (SSSR count). The van der Waals surface area contributed by atoms with E-state index < -0.39 is 11.9 Å². The van der Waals surface area contributed by atoms with Crippen LogP contribution in [0.5, 0.6) is 0 Å². The maximum absolute atomic E-state index is 12.5. The summed E-state index contributed by atoms with van der Waals surface area (Å²) < 4.78 is 0. The Kier molecular flexibility index (Phi) is 5.53. The minimum atomic E-state index is -0.901. The zero-order valence-corrected chi connectivity index (χ0v) is 13.4. The summed E-state index contributed by atoms with van der Waals surface area (Å²) in [6, 6.07) is 4.45. The van der Waals surface area contributed by atoms with Gasteiger partial charge in [0.25, 0.3) is 0 Å². The normalized spacial score (nSPS) is 24.7. The van der Waals surface area contributed by atoms with Crippen molar-refractivity contribution in [2.75, 3.05) is 6.54 Å². The molecule has 0 radical (unpaired) electrons. The van der Waals surface area contributed by atoms with E-state index in [1.807, 2.05) is 11.4 Å². The second-order valence-electron chi connectivity index (χ2n) is 5.96. The number of rotatable bonds is 6. The van der Waals surface area contributed by atoms with Gasteiger partial charge in [0.15, 0.2) is 5.78 Å². The van der Waals surface area contributed by atoms with Gasteiger partial charge in [0.2, 0.25) is 0 Å². The third-order valence-corrected chi connectivity index (χ3v) is 5.25. The Labute approximate surface area is 129 Å². The number of Topliss-reactive ketones (excluding diaryl/α,β-unsaturated/α-hetero) is 1. The van der Waals surface area contributed by atoms with Crippen molar-refractivity contribution in [1.82, 2.24) is 4.90 Å². The van der Waals surface area contributed by atoms with E-state index in [2.05, 4.69) is 18.7 Å². The Balaban J connectivity index is 2.12. The quantitative estimate of drug-likeness (QED) is 0.819. The highest BCUT2D eigenvalue weighted by molar-refractivity contribution is 7.12. The highest BCUT2D eigenvalue weighted by Crippen LogP contribution is 2.26. The number of piperidine rings is 1. The second kappa shape index (κ2) is 7.18. The van der Waals surface area contributed by atoms with Crippen molar-refractivity contribution in [2.24, 2.45) is 5.92 Å². The van der Waals surface area contributed by atoms with E-state index in [1.54, 1.807) is 6.07 Å². The van der Waals surface area contributed by atoms with Gasteiger partial charge in [0.05, 0.1) is 11.3 Å². The fourth-order valence-electron chi connectivity index (χ4n) is 3.16. The zero-order valence-electron chi connectivity index (χ0n) is 12.6. The summed E-state index contributed by atoms with van der Waals surface area (Å²) in [6.45, 7) is 4.89. The summed E-state index contributed by atoms with van der Waals surface area (Å²) in [5.41, 5.74) is 0. The van der Waals surface area contributed by atoms with Crippen LogP contribution in [-0.2, 0) is 4.79 Å². The molecule has 116 valence electrons. The van der Waals surface area contributed by atoms with Crippen LogP contribution in [0.25, 0.3) is 0 Å². The highest BCUT2D eigenvalue weighted by Gasteiger charge is 2.31. The van der Waals surface area contributed by atoms with Gasteiger partial charge in [0.1, 0.15) is 0 Å². The molecule has 3 unspecified atom stereocenters. The first kappa shape index (κ1) is 16.2.